The molecule has 0 aliphatic heterocycles. The van der Waals surface area contributed by atoms with Crippen LogP contribution in [0.5, 0.6) is 0 Å². The Morgan fingerprint density at radius 2 is 1.94 bits per heavy atom. The molecule has 6 heteroatoms. The van der Waals surface area contributed by atoms with Gasteiger partial charge in [0.05, 0.1) is 11.6 Å². The van der Waals surface area contributed by atoms with Crippen molar-refractivity contribution >= 4 is 17.7 Å². The normalized spacial score (nSPS) is 11.1. The van der Waals surface area contributed by atoms with E-state index in [2.05, 4.69) is 10.6 Å². The number of carboxylic acid groups (broad SMARTS) is 1. The number of hydrogen-bond acceptors (Lipinski definition) is 3. The minimum atomic E-state index is -1.11. The lowest BCUT2D eigenvalue weighted by atomic mass is 10.2. The monoisotopic (exact) mass is 233 g/mol. The third-order valence-electron chi connectivity index (χ3n) is 1.99. The van der Waals surface area contributed by atoms with E-state index in [9.17, 15) is 9.59 Å². The van der Waals surface area contributed by atoms with Gasteiger partial charge in [-0.3, -0.25) is 4.79 Å². The van der Waals surface area contributed by atoms with Gasteiger partial charge in [0.15, 0.2) is 0 Å². The minimum absolute atomic E-state index is 0.481. The molecule has 3 N–H and O–H groups in total. The molecule has 1 rings (SSSR count). The summed E-state index contributed by atoms with van der Waals surface area (Å²) in [5, 5.41) is 21.9. The molecule has 0 radical (unpaired) electrons. The number of urea groups is 1. The van der Waals surface area contributed by atoms with Crippen LogP contribution in [0.4, 0.5) is 10.5 Å². The zero-order valence-electron chi connectivity index (χ0n) is 9.10. The van der Waals surface area contributed by atoms with Gasteiger partial charge < -0.3 is 15.7 Å². The van der Waals surface area contributed by atoms with Crippen LogP contribution < -0.4 is 10.6 Å². The van der Waals surface area contributed by atoms with E-state index in [4.69, 9.17) is 10.4 Å². The number of carbonyl (C=O) groups excluding carboxylic acids is 1. The van der Waals surface area contributed by atoms with E-state index in [0.29, 0.717) is 11.3 Å². The highest BCUT2D eigenvalue weighted by Crippen LogP contribution is 2.08. The summed E-state index contributed by atoms with van der Waals surface area (Å²) in [7, 11) is 0. The third kappa shape index (κ3) is 3.83. The largest absolute Gasteiger partial charge is 0.480 e. The molecule has 0 spiro atoms. The van der Waals surface area contributed by atoms with Gasteiger partial charge in [0.25, 0.3) is 0 Å². The molecule has 1 aromatic rings. The number of anilines is 1. The molecule has 6 nitrogen and oxygen atoms in total. The second kappa shape index (κ2) is 5.51. The number of nitrogens with zero attached hydrogens (tertiary/aromatic N) is 1. The van der Waals surface area contributed by atoms with E-state index >= 15 is 0 Å². The van der Waals surface area contributed by atoms with Crippen molar-refractivity contribution in [3.8, 4) is 6.07 Å². The van der Waals surface area contributed by atoms with Gasteiger partial charge in [0, 0.05) is 5.69 Å². The quantitative estimate of drug-likeness (QED) is 0.728. The fourth-order valence-electron chi connectivity index (χ4n) is 1.05. The predicted octanol–water partition coefficient (Wildman–Crippen LogP) is 1.15. The summed E-state index contributed by atoms with van der Waals surface area (Å²) >= 11 is 0. The molecule has 17 heavy (non-hydrogen) atoms. The molecular weight excluding hydrogens is 222 g/mol. The van der Waals surface area contributed by atoms with Gasteiger partial charge in [-0.2, -0.15) is 5.26 Å². The Morgan fingerprint density at radius 1 is 1.35 bits per heavy atom. The van der Waals surface area contributed by atoms with Crippen LogP contribution in [-0.2, 0) is 4.79 Å². The van der Waals surface area contributed by atoms with E-state index in [1.54, 1.807) is 24.3 Å². The highest BCUT2D eigenvalue weighted by Gasteiger charge is 2.13. The molecule has 1 aromatic carbocycles. The Kier molecular flexibility index (Phi) is 4.06. The zero-order valence-corrected chi connectivity index (χ0v) is 9.10. The minimum Gasteiger partial charge on any atom is -0.480 e. The number of amides is 2. The van der Waals surface area contributed by atoms with Crippen molar-refractivity contribution in [3.05, 3.63) is 29.8 Å². The Morgan fingerprint density at radius 3 is 2.41 bits per heavy atom. The van der Waals surface area contributed by atoms with E-state index in [1.807, 2.05) is 6.07 Å². The molecule has 0 saturated heterocycles. The Balaban J connectivity index is 2.56. The van der Waals surface area contributed by atoms with Gasteiger partial charge in [-0.15, -0.1) is 0 Å². The first-order chi connectivity index (χ1) is 8.02. The fourth-order valence-corrected chi connectivity index (χ4v) is 1.05. The molecule has 0 saturated carbocycles. The Labute approximate surface area is 97.9 Å². The van der Waals surface area contributed by atoms with Gasteiger partial charge >= 0.3 is 12.0 Å². The predicted molar refractivity (Wildman–Crippen MR) is 60.4 cm³/mol. The maximum Gasteiger partial charge on any atom is 0.325 e. The first kappa shape index (κ1) is 12.5. The van der Waals surface area contributed by atoms with Gasteiger partial charge in [0.2, 0.25) is 0 Å². The van der Waals surface area contributed by atoms with Crippen LogP contribution in [0.3, 0.4) is 0 Å². The summed E-state index contributed by atoms with van der Waals surface area (Å²) in [6.45, 7) is 1.36. The number of aliphatic carboxylic acids is 1. The van der Waals surface area contributed by atoms with Crippen molar-refractivity contribution in [2.45, 2.75) is 13.0 Å². The molecule has 0 heterocycles. The first-order valence-electron chi connectivity index (χ1n) is 4.83. The number of carbonyl (C=O) groups is 2. The van der Waals surface area contributed by atoms with E-state index in [1.165, 1.54) is 6.92 Å². The number of carboxylic acids is 1. The van der Waals surface area contributed by atoms with E-state index < -0.39 is 18.0 Å². The fraction of sp³-hybridized carbons (Fsp3) is 0.182. The average molecular weight is 233 g/mol. The topological polar surface area (TPSA) is 102 Å². The lowest BCUT2D eigenvalue weighted by Crippen LogP contribution is -2.40. The molecule has 1 unspecified atom stereocenters. The summed E-state index contributed by atoms with van der Waals surface area (Å²) in [4.78, 5) is 21.8. The molecule has 0 aliphatic carbocycles. The summed E-state index contributed by atoms with van der Waals surface area (Å²) in [6, 6.07) is 6.60. The van der Waals surface area contributed by atoms with E-state index in [0.717, 1.165) is 0 Å². The molecule has 0 aliphatic rings. The van der Waals surface area contributed by atoms with Crippen LogP contribution in [0.15, 0.2) is 24.3 Å². The van der Waals surface area contributed by atoms with Crippen molar-refractivity contribution < 1.29 is 14.7 Å². The number of hydrogen-bond donors (Lipinski definition) is 3. The molecule has 1 atom stereocenters. The Hall–Kier alpha value is -2.55. The van der Waals surface area contributed by atoms with Crippen LogP contribution in [0.1, 0.15) is 12.5 Å². The summed E-state index contributed by atoms with van der Waals surface area (Å²) in [6.07, 6.45) is 0. The highest BCUT2D eigenvalue weighted by molar-refractivity contribution is 5.92. The second-order valence-electron chi connectivity index (χ2n) is 3.35. The zero-order chi connectivity index (χ0) is 12.8. The highest BCUT2D eigenvalue weighted by atomic mass is 16.4. The Bertz CT molecular complexity index is 462. The summed E-state index contributed by atoms with van der Waals surface area (Å²) in [5.74, 6) is -1.11. The second-order valence-corrected chi connectivity index (χ2v) is 3.35. The van der Waals surface area contributed by atoms with Gasteiger partial charge in [0.1, 0.15) is 6.04 Å². The third-order valence-corrected chi connectivity index (χ3v) is 1.99. The van der Waals surface area contributed by atoms with Crippen LogP contribution in [0.25, 0.3) is 0 Å². The van der Waals surface area contributed by atoms with Crippen LogP contribution in [0, 0.1) is 11.3 Å². The molecule has 88 valence electrons. The van der Waals surface area contributed by atoms with Crippen molar-refractivity contribution in [2.75, 3.05) is 5.32 Å². The van der Waals surface area contributed by atoms with Crippen molar-refractivity contribution in [2.24, 2.45) is 0 Å². The molecule has 0 bridgehead atoms. The lowest BCUT2D eigenvalue weighted by Gasteiger charge is -2.10. The number of nitriles is 1. The van der Waals surface area contributed by atoms with Crippen LogP contribution >= 0.6 is 0 Å². The molecule has 2 amide bonds. The number of rotatable bonds is 3. The van der Waals surface area contributed by atoms with Crippen molar-refractivity contribution in [3.63, 3.8) is 0 Å². The van der Waals surface area contributed by atoms with Crippen LogP contribution in [-0.4, -0.2) is 23.1 Å². The molecular formula is C11H11N3O3. The standard InChI is InChI=1S/C11H11N3O3/c1-7(10(15)16)13-11(17)14-9-4-2-8(6-12)3-5-9/h2-5,7H,1H3,(H,15,16)(H2,13,14,17). The first-order valence-corrected chi connectivity index (χ1v) is 4.83. The smallest absolute Gasteiger partial charge is 0.325 e. The van der Waals surface area contributed by atoms with E-state index in [-0.39, 0.29) is 0 Å². The van der Waals surface area contributed by atoms with Gasteiger partial charge in [-0.05, 0) is 31.2 Å². The molecule has 0 fully saturated rings. The summed E-state index contributed by atoms with van der Waals surface area (Å²) in [5.41, 5.74) is 0.967. The lowest BCUT2D eigenvalue weighted by molar-refractivity contribution is -0.138. The number of nitrogens with one attached hydrogen (secondary N) is 2. The van der Waals surface area contributed by atoms with Crippen molar-refractivity contribution in [1.82, 2.24) is 5.32 Å². The van der Waals surface area contributed by atoms with Gasteiger partial charge in [-0.1, -0.05) is 0 Å². The van der Waals surface area contributed by atoms with Crippen LogP contribution in [0.2, 0.25) is 0 Å². The number of benzene rings is 1. The average Bonchev–Trinajstić information content (AvgIpc) is 2.29. The molecule has 0 aromatic heterocycles. The maximum atomic E-state index is 11.3. The van der Waals surface area contributed by atoms with Crippen molar-refractivity contribution in [1.29, 1.82) is 5.26 Å². The SMILES string of the molecule is CC(NC(=O)Nc1ccc(C#N)cc1)C(=O)O. The summed E-state index contributed by atoms with van der Waals surface area (Å²) < 4.78 is 0. The maximum absolute atomic E-state index is 11.3. The van der Waals surface area contributed by atoms with Gasteiger partial charge in [-0.25, -0.2) is 4.79 Å².